The molecular weight excluding hydrogens is 98.8 g/mol. The molecule has 38 valence electrons. The highest BCUT2D eigenvalue weighted by Crippen LogP contribution is 2.06. The molecule has 0 aromatic carbocycles. The average molecular weight is 101 g/mol. The first-order valence-corrected chi connectivity index (χ1v) is 1.33. The van der Waals surface area contributed by atoms with Gasteiger partial charge in [-0.25, -0.2) is 0 Å². The summed E-state index contributed by atoms with van der Waals surface area (Å²) in [7, 11) is 0. The van der Waals surface area contributed by atoms with Crippen molar-refractivity contribution in [2.24, 2.45) is 0 Å². The fourth-order valence-electron chi connectivity index (χ4n) is 0. The Morgan fingerprint density at radius 1 is 1.17 bits per heavy atom. The van der Waals surface area contributed by atoms with Crippen molar-refractivity contribution in [1.29, 1.82) is 0 Å². The predicted molar refractivity (Wildman–Crippen MR) is 15.1 cm³/mol. The molecule has 0 aromatic heterocycles. The van der Waals surface area contributed by atoms with E-state index in [9.17, 15) is 17.3 Å². The lowest BCUT2D eigenvalue weighted by atomic mass is 9.96. The summed E-state index contributed by atoms with van der Waals surface area (Å²) >= 11 is 0. The molecule has 0 nitrogen and oxygen atoms in total. The van der Waals surface area contributed by atoms with Crippen LogP contribution in [0.1, 0.15) is 0 Å². The summed E-state index contributed by atoms with van der Waals surface area (Å²) in [6, 6.07) is 0. The maximum absolute atomic E-state index is 10.5. The van der Waals surface area contributed by atoms with E-state index in [2.05, 4.69) is 0 Å². The third-order valence-electron chi connectivity index (χ3n) is 0.175. The van der Waals surface area contributed by atoms with E-state index in [4.69, 9.17) is 0 Å². The van der Waals surface area contributed by atoms with Crippen LogP contribution in [-0.4, -0.2) is 13.6 Å². The van der Waals surface area contributed by atoms with Crippen LogP contribution in [0.15, 0.2) is 0 Å². The number of hydrogen-bond acceptors (Lipinski definition) is 0. The molecule has 0 heterocycles. The molecule has 0 fully saturated rings. The van der Waals surface area contributed by atoms with Crippen LogP contribution in [0.25, 0.3) is 0 Å². The molecule has 0 N–H and O–H groups in total. The van der Waals surface area contributed by atoms with Gasteiger partial charge in [0.25, 0.3) is 0 Å². The minimum atomic E-state index is -5.15. The number of alkyl halides is 1. The van der Waals surface area contributed by atoms with Gasteiger partial charge in [-0.3, -0.25) is 4.39 Å². The van der Waals surface area contributed by atoms with Gasteiger partial charge in [0.2, 0.25) is 0 Å². The van der Waals surface area contributed by atoms with Gasteiger partial charge in [0.05, 0.1) is 6.57 Å². The van der Waals surface area contributed by atoms with Crippen LogP contribution >= 0.6 is 0 Å². The van der Waals surface area contributed by atoms with Crippen LogP contribution in [0.2, 0.25) is 0 Å². The highest BCUT2D eigenvalue weighted by Gasteiger charge is 2.21. The van der Waals surface area contributed by atoms with Gasteiger partial charge in [-0.15, -0.1) is 0 Å². The molecule has 0 radical (unpaired) electrons. The second kappa shape index (κ2) is 1.49. The predicted octanol–water partition coefficient (Wildman–Crippen LogP) is 1.34. The number of halogens is 4. The molecule has 0 spiro atoms. The Hall–Kier alpha value is -0.215. The first-order chi connectivity index (χ1) is 2.56. The molecular formula is CH2BF4-. The van der Waals surface area contributed by atoms with Crippen molar-refractivity contribution in [1.82, 2.24) is 0 Å². The molecule has 0 aliphatic rings. The molecule has 5 heteroatoms. The van der Waals surface area contributed by atoms with E-state index >= 15 is 0 Å². The van der Waals surface area contributed by atoms with E-state index in [1.54, 1.807) is 0 Å². The lowest BCUT2D eigenvalue weighted by Crippen LogP contribution is -2.17. The lowest BCUT2D eigenvalue weighted by Gasteiger charge is -2.03. The van der Waals surface area contributed by atoms with Gasteiger partial charge in [-0.2, -0.15) is 0 Å². The maximum Gasteiger partial charge on any atom is 0.508 e. The zero-order valence-corrected chi connectivity index (χ0v) is 2.80. The lowest BCUT2D eigenvalue weighted by molar-refractivity contribution is 0.406. The molecule has 0 aliphatic heterocycles. The molecule has 0 amide bonds. The van der Waals surface area contributed by atoms with E-state index in [1.165, 1.54) is 0 Å². The Labute approximate surface area is 32.2 Å². The van der Waals surface area contributed by atoms with E-state index < -0.39 is 13.6 Å². The van der Waals surface area contributed by atoms with E-state index in [-0.39, 0.29) is 0 Å². The molecule has 0 saturated carbocycles. The molecule has 0 bridgehead atoms. The Kier molecular flexibility index (Phi) is 1.44. The van der Waals surface area contributed by atoms with Crippen molar-refractivity contribution in [3.63, 3.8) is 0 Å². The minimum absolute atomic E-state index is 2.17. The van der Waals surface area contributed by atoms with Crippen molar-refractivity contribution >= 4 is 6.98 Å². The summed E-state index contributed by atoms with van der Waals surface area (Å²) in [6.45, 7) is -7.32. The summed E-state index contributed by atoms with van der Waals surface area (Å²) in [4.78, 5) is 0. The van der Waals surface area contributed by atoms with Crippen LogP contribution in [0.4, 0.5) is 17.3 Å². The summed E-state index contributed by atoms with van der Waals surface area (Å²) in [5.74, 6) is 0. The zero-order chi connectivity index (χ0) is 5.21. The van der Waals surface area contributed by atoms with Crippen LogP contribution in [0.5, 0.6) is 0 Å². The van der Waals surface area contributed by atoms with E-state index in [0.29, 0.717) is 0 Å². The van der Waals surface area contributed by atoms with Gasteiger partial charge < -0.3 is 12.9 Å². The molecule has 0 rings (SSSR count). The van der Waals surface area contributed by atoms with Crippen molar-refractivity contribution in [3.8, 4) is 0 Å². The first-order valence-electron chi connectivity index (χ1n) is 1.33. The van der Waals surface area contributed by atoms with Gasteiger partial charge in [0, 0.05) is 0 Å². The fourth-order valence-corrected chi connectivity index (χ4v) is 0. The van der Waals surface area contributed by atoms with Crippen LogP contribution < -0.4 is 0 Å². The van der Waals surface area contributed by atoms with Gasteiger partial charge in [-0.05, 0) is 0 Å². The molecule has 0 atom stereocenters. The average Bonchev–Trinajstić information content (AvgIpc) is 1.35. The molecule has 0 aliphatic carbocycles. The summed E-state index contributed by atoms with van der Waals surface area (Å²) in [5, 5.41) is 0. The van der Waals surface area contributed by atoms with Gasteiger partial charge in [-0.1, -0.05) is 0 Å². The first kappa shape index (κ1) is 5.78. The van der Waals surface area contributed by atoms with Crippen molar-refractivity contribution in [2.45, 2.75) is 0 Å². The van der Waals surface area contributed by atoms with E-state index in [1.807, 2.05) is 0 Å². The SMILES string of the molecule is FC[B-](F)(F)F. The third-order valence-corrected chi connectivity index (χ3v) is 0.175. The Bertz CT molecular complexity index is 37.3. The Morgan fingerprint density at radius 3 is 1.33 bits per heavy atom. The standard InChI is InChI=1S/CH2BF4/c3-1-2(4,5)6/h1H2/q-1. The minimum Gasteiger partial charge on any atom is -0.447 e. The van der Waals surface area contributed by atoms with Crippen molar-refractivity contribution in [3.05, 3.63) is 0 Å². The quantitative estimate of drug-likeness (QED) is 0.345. The highest BCUT2D eigenvalue weighted by atomic mass is 19.4. The molecule has 6 heavy (non-hydrogen) atoms. The largest absolute Gasteiger partial charge is 0.508 e. The monoisotopic (exact) mass is 101 g/mol. The molecule has 0 saturated heterocycles. The summed E-state index contributed by atoms with van der Waals surface area (Å²) in [5.41, 5.74) is 0. The zero-order valence-electron chi connectivity index (χ0n) is 2.80. The van der Waals surface area contributed by atoms with Gasteiger partial charge >= 0.3 is 6.98 Å². The van der Waals surface area contributed by atoms with Crippen molar-refractivity contribution < 1.29 is 17.3 Å². The Morgan fingerprint density at radius 2 is 1.33 bits per heavy atom. The van der Waals surface area contributed by atoms with Gasteiger partial charge in [0.1, 0.15) is 0 Å². The maximum atomic E-state index is 10.5. The van der Waals surface area contributed by atoms with Crippen LogP contribution in [0.3, 0.4) is 0 Å². The normalized spacial score (nSPS) is 12.0. The fraction of sp³-hybridized carbons (Fsp3) is 1.00. The molecule has 0 unspecified atom stereocenters. The Balaban J connectivity index is 3.17. The number of hydrogen-bond donors (Lipinski definition) is 0. The summed E-state index contributed by atoms with van der Waals surface area (Å²) in [6.07, 6.45) is 0. The third kappa shape index (κ3) is 3.78. The van der Waals surface area contributed by atoms with Gasteiger partial charge in [0.15, 0.2) is 0 Å². The summed E-state index contributed by atoms with van der Waals surface area (Å²) < 4.78 is 41.8. The number of rotatable bonds is 1. The van der Waals surface area contributed by atoms with Crippen molar-refractivity contribution in [2.75, 3.05) is 6.57 Å². The topological polar surface area (TPSA) is 0 Å². The molecule has 0 aromatic rings. The van der Waals surface area contributed by atoms with Crippen LogP contribution in [-0.2, 0) is 0 Å². The highest BCUT2D eigenvalue weighted by molar-refractivity contribution is 6.58. The van der Waals surface area contributed by atoms with E-state index in [0.717, 1.165) is 0 Å². The second-order valence-electron chi connectivity index (χ2n) is 0.865. The van der Waals surface area contributed by atoms with Crippen LogP contribution in [0, 0.1) is 0 Å². The smallest absolute Gasteiger partial charge is 0.447 e. The second-order valence-corrected chi connectivity index (χ2v) is 0.865.